The summed E-state index contributed by atoms with van der Waals surface area (Å²) in [5.74, 6) is -0.413. The Labute approximate surface area is 84.7 Å². The highest BCUT2D eigenvalue weighted by atomic mass is 79.9. The van der Waals surface area contributed by atoms with Crippen molar-refractivity contribution >= 4 is 15.9 Å². The Balaban J connectivity index is 2.93. The minimum absolute atomic E-state index is 0.292. The van der Waals surface area contributed by atoms with Crippen LogP contribution in [0, 0.1) is 5.82 Å². The van der Waals surface area contributed by atoms with Gasteiger partial charge in [-0.2, -0.15) is 0 Å². The molecule has 0 bridgehead atoms. The molecule has 0 saturated carbocycles. The maximum atomic E-state index is 13.3. The standard InChI is InChI=1S/C9H11BrFNO/c10-7-3-1-2-6(9(7)11)8(13)4-5-12/h1-3,8,13H,4-5,12H2. The molecule has 0 aliphatic rings. The molecule has 0 fully saturated rings. The number of halogens is 2. The molecule has 0 amide bonds. The second kappa shape index (κ2) is 4.69. The molecule has 0 saturated heterocycles. The monoisotopic (exact) mass is 247 g/mol. The molecule has 3 N–H and O–H groups in total. The van der Waals surface area contributed by atoms with Gasteiger partial charge in [0.2, 0.25) is 0 Å². The van der Waals surface area contributed by atoms with Crippen molar-refractivity contribution in [1.82, 2.24) is 0 Å². The van der Waals surface area contributed by atoms with E-state index in [1.165, 1.54) is 0 Å². The van der Waals surface area contributed by atoms with Crippen molar-refractivity contribution in [2.75, 3.05) is 6.54 Å². The van der Waals surface area contributed by atoms with Crippen molar-refractivity contribution in [1.29, 1.82) is 0 Å². The number of rotatable bonds is 3. The van der Waals surface area contributed by atoms with Crippen LogP contribution in [0.4, 0.5) is 4.39 Å². The summed E-state index contributed by atoms with van der Waals surface area (Å²) in [5.41, 5.74) is 5.55. The summed E-state index contributed by atoms with van der Waals surface area (Å²) in [7, 11) is 0. The van der Waals surface area contributed by atoms with Crippen molar-refractivity contribution in [3.8, 4) is 0 Å². The Hall–Kier alpha value is -0.450. The highest BCUT2D eigenvalue weighted by Crippen LogP contribution is 2.24. The van der Waals surface area contributed by atoms with E-state index in [-0.39, 0.29) is 0 Å². The normalized spacial score (nSPS) is 12.9. The Morgan fingerprint density at radius 3 is 2.85 bits per heavy atom. The first kappa shape index (κ1) is 10.6. The van der Waals surface area contributed by atoms with E-state index in [9.17, 15) is 9.50 Å². The molecule has 0 aromatic heterocycles. The molecular formula is C9H11BrFNO. The molecule has 2 nitrogen and oxygen atoms in total. The largest absolute Gasteiger partial charge is 0.388 e. The van der Waals surface area contributed by atoms with Crippen LogP contribution in [-0.4, -0.2) is 11.7 Å². The van der Waals surface area contributed by atoms with E-state index >= 15 is 0 Å². The van der Waals surface area contributed by atoms with Gasteiger partial charge in [0.05, 0.1) is 10.6 Å². The van der Waals surface area contributed by atoms with Crippen molar-refractivity contribution in [3.05, 3.63) is 34.1 Å². The second-order valence-corrected chi connectivity index (χ2v) is 3.59. The van der Waals surface area contributed by atoms with Crippen molar-refractivity contribution in [2.24, 2.45) is 5.73 Å². The van der Waals surface area contributed by atoms with Crippen LogP contribution in [-0.2, 0) is 0 Å². The summed E-state index contributed by atoms with van der Waals surface area (Å²) in [5, 5.41) is 9.48. The third-order valence-electron chi connectivity index (χ3n) is 1.78. The number of aliphatic hydroxyl groups is 1. The molecule has 72 valence electrons. The lowest BCUT2D eigenvalue weighted by molar-refractivity contribution is 0.165. The lowest BCUT2D eigenvalue weighted by atomic mass is 10.1. The fourth-order valence-corrected chi connectivity index (χ4v) is 1.47. The van der Waals surface area contributed by atoms with Crippen LogP contribution in [0.2, 0.25) is 0 Å². The summed E-state index contributed by atoms with van der Waals surface area (Å²) in [6.07, 6.45) is -0.449. The zero-order chi connectivity index (χ0) is 9.84. The number of nitrogens with two attached hydrogens (primary N) is 1. The fourth-order valence-electron chi connectivity index (χ4n) is 1.09. The average Bonchev–Trinajstić information content (AvgIpc) is 2.10. The first-order valence-corrected chi connectivity index (χ1v) is 4.78. The van der Waals surface area contributed by atoms with Gasteiger partial charge in [0, 0.05) is 5.56 Å². The molecule has 0 aliphatic carbocycles. The molecule has 1 atom stereocenters. The maximum Gasteiger partial charge on any atom is 0.143 e. The maximum absolute atomic E-state index is 13.3. The van der Waals surface area contributed by atoms with E-state index in [0.717, 1.165) is 0 Å². The zero-order valence-electron chi connectivity index (χ0n) is 7.00. The van der Waals surface area contributed by atoms with E-state index < -0.39 is 11.9 Å². The van der Waals surface area contributed by atoms with Gasteiger partial charge in [-0.15, -0.1) is 0 Å². The van der Waals surface area contributed by atoms with Crippen LogP contribution in [0.5, 0.6) is 0 Å². The van der Waals surface area contributed by atoms with Gasteiger partial charge in [0.15, 0.2) is 0 Å². The van der Waals surface area contributed by atoms with Gasteiger partial charge >= 0.3 is 0 Å². The second-order valence-electron chi connectivity index (χ2n) is 2.74. The van der Waals surface area contributed by atoms with Gasteiger partial charge in [-0.3, -0.25) is 0 Å². The number of hydrogen-bond acceptors (Lipinski definition) is 2. The number of aliphatic hydroxyl groups excluding tert-OH is 1. The lowest BCUT2D eigenvalue weighted by Crippen LogP contribution is -2.08. The molecule has 0 aliphatic heterocycles. The average molecular weight is 248 g/mol. The fraction of sp³-hybridized carbons (Fsp3) is 0.333. The topological polar surface area (TPSA) is 46.2 Å². The SMILES string of the molecule is NCCC(O)c1cccc(Br)c1F. The molecule has 1 aromatic carbocycles. The summed E-state index contributed by atoms with van der Waals surface area (Å²) in [4.78, 5) is 0. The van der Waals surface area contributed by atoms with Crippen LogP contribution in [0.1, 0.15) is 18.1 Å². The number of benzene rings is 1. The predicted molar refractivity (Wildman–Crippen MR) is 52.7 cm³/mol. The molecule has 0 radical (unpaired) electrons. The van der Waals surface area contributed by atoms with Crippen molar-refractivity contribution in [3.63, 3.8) is 0 Å². The van der Waals surface area contributed by atoms with Crippen molar-refractivity contribution in [2.45, 2.75) is 12.5 Å². The summed E-state index contributed by atoms with van der Waals surface area (Å²) < 4.78 is 13.7. The number of hydrogen-bond donors (Lipinski definition) is 2. The highest BCUT2D eigenvalue weighted by molar-refractivity contribution is 9.10. The van der Waals surface area contributed by atoms with Gasteiger partial charge in [-0.05, 0) is 35.0 Å². The van der Waals surface area contributed by atoms with E-state index in [2.05, 4.69) is 15.9 Å². The Kier molecular flexibility index (Phi) is 3.84. The third-order valence-corrected chi connectivity index (χ3v) is 2.39. The van der Waals surface area contributed by atoms with Crippen LogP contribution in [0.25, 0.3) is 0 Å². The molecule has 0 spiro atoms. The van der Waals surface area contributed by atoms with Crippen LogP contribution < -0.4 is 5.73 Å². The van der Waals surface area contributed by atoms with Gasteiger partial charge < -0.3 is 10.8 Å². The summed E-state index contributed by atoms with van der Waals surface area (Å²) >= 11 is 3.05. The predicted octanol–water partition coefficient (Wildman–Crippen LogP) is 1.97. The van der Waals surface area contributed by atoms with Gasteiger partial charge in [0.25, 0.3) is 0 Å². The first-order chi connectivity index (χ1) is 6.16. The van der Waals surface area contributed by atoms with E-state index in [1.807, 2.05) is 0 Å². The van der Waals surface area contributed by atoms with Gasteiger partial charge in [-0.1, -0.05) is 12.1 Å². The van der Waals surface area contributed by atoms with Crippen molar-refractivity contribution < 1.29 is 9.50 Å². The smallest absolute Gasteiger partial charge is 0.143 e. The molecular weight excluding hydrogens is 237 g/mol. The van der Waals surface area contributed by atoms with Gasteiger partial charge in [0.1, 0.15) is 5.82 Å². The quantitative estimate of drug-likeness (QED) is 0.858. The van der Waals surface area contributed by atoms with Crippen LogP contribution in [0.3, 0.4) is 0 Å². The van der Waals surface area contributed by atoms with Crippen LogP contribution in [0.15, 0.2) is 22.7 Å². The zero-order valence-corrected chi connectivity index (χ0v) is 8.59. The van der Waals surface area contributed by atoms with Gasteiger partial charge in [-0.25, -0.2) is 4.39 Å². The molecule has 13 heavy (non-hydrogen) atoms. The Morgan fingerprint density at radius 1 is 1.54 bits per heavy atom. The molecule has 1 unspecified atom stereocenters. The van der Waals surface area contributed by atoms with E-state index in [4.69, 9.17) is 5.73 Å². The lowest BCUT2D eigenvalue weighted by Gasteiger charge is -2.10. The summed E-state index contributed by atoms with van der Waals surface area (Å²) in [6.45, 7) is 0.340. The molecule has 1 aromatic rings. The van der Waals surface area contributed by atoms with E-state index in [0.29, 0.717) is 23.0 Å². The van der Waals surface area contributed by atoms with E-state index in [1.54, 1.807) is 18.2 Å². The molecule has 1 rings (SSSR count). The molecule has 0 heterocycles. The third kappa shape index (κ3) is 2.49. The Morgan fingerprint density at radius 2 is 2.23 bits per heavy atom. The minimum Gasteiger partial charge on any atom is -0.388 e. The summed E-state index contributed by atoms with van der Waals surface area (Å²) in [6, 6.07) is 4.83. The van der Waals surface area contributed by atoms with Crippen LogP contribution >= 0.6 is 15.9 Å². The Bertz CT molecular complexity index is 293. The highest BCUT2D eigenvalue weighted by Gasteiger charge is 2.13. The minimum atomic E-state index is -0.817. The molecule has 4 heteroatoms. The first-order valence-electron chi connectivity index (χ1n) is 3.99.